The highest BCUT2D eigenvalue weighted by atomic mass is 19.4. The Hall–Kier alpha value is -1.73. The molecule has 1 aromatic carbocycles. The second-order valence-electron chi connectivity index (χ2n) is 4.04. The predicted octanol–water partition coefficient (Wildman–Crippen LogP) is 3.09. The molecule has 1 rings (SSSR count). The van der Waals surface area contributed by atoms with Crippen LogP contribution in [0.15, 0.2) is 30.3 Å². The van der Waals surface area contributed by atoms with Crippen molar-refractivity contribution < 1.29 is 31.1 Å². The standard InChI is InChI=1S/C12H11F6NO/c13-11(14,15)9(12(16,17)18)10(20)19-7-6-8-4-2-1-3-5-8/h1-5,9H,6-7H2,(H,19,20). The Balaban J connectivity index is 2.60. The Labute approximate surface area is 110 Å². The van der Waals surface area contributed by atoms with Crippen LogP contribution >= 0.6 is 0 Å². The Bertz CT molecular complexity index is 426. The summed E-state index contributed by atoms with van der Waals surface area (Å²) in [4.78, 5) is 11.1. The van der Waals surface area contributed by atoms with Gasteiger partial charge in [0.2, 0.25) is 11.8 Å². The maximum Gasteiger partial charge on any atom is 0.409 e. The Kier molecular flexibility index (Phi) is 5.02. The average Bonchev–Trinajstić information content (AvgIpc) is 2.26. The van der Waals surface area contributed by atoms with Crippen LogP contribution in [0.4, 0.5) is 26.3 Å². The molecule has 0 heterocycles. The fourth-order valence-corrected chi connectivity index (χ4v) is 1.56. The van der Waals surface area contributed by atoms with E-state index in [9.17, 15) is 31.1 Å². The van der Waals surface area contributed by atoms with Gasteiger partial charge in [0.1, 0.15) is 0 Å². The van der Waals surface area contributed by atoms with Crippen LogP contribution in [-0.4, -0.2) is 24.8 Å². The molecule has 0 aliphatic rings. The van der Waals surface area contributed by atoms with Crippen molar-refractivity contribution in [3.05, 3.63) is 35.9 Å². The van der Waals surface area contributed by atoms with Crippen LogP contribution in [0.3, 0.4) is 0 Å². The summed E-state index contributed by atoms with van der Waals surface area (Å²) in [6.07, 6.45) is -11.2. The molecule has 8 heteroatoms. The van der Waals surface area contributed by atoms with Crippen LogP contribution in [0.1, 0.15) is 5.56 Å². The summed E-state index contributed by atoms with van der Waals surface area (Å²) < 4.78 is 73.4. The van der Waals surface area contributed by atoms with Crippen LogP contribution in [0.25, 0.3) is 0 Å². The maximum atomic E-state index is 12.2. The molecule has 0 aliphatic heterocycles. The lowest BCUT2D eigenvalue weighted by Gasteiger charge is -2.22. The van der Waals surface area contributed by atoms with E-state index in [1.165, 1.54) is 0 Å². The van der Waals surface area contributed by atoms with Gasteiger partial charge in [-0.25, -0.2) is 0 Å². The molecule has 0 saturated heterocycles. The zero-order valence-electron chi connectivity index (χ0n) is 10.1. The van der Waals surface area contributed by atoms with Crippen LogP contribution in [0.2, 0.25) is 0 Å². The third kappa shape index (κ3) is 4.75. The van der Waals surface area contributed by atoms with E-state index >= 15 is 0 Å². The third-order valence-electron chi connectivity index (χ3n) is 2.47. The summed E-state index contributed by atoms with van der Waals surface area (Å²) in [6, 6.07) is 8.36. The topological polar surface area (TPSA) is 29.1 Å². The summed E-state index contributed by atoms with van der Waals surface area (Å²) in [5.74, 6) is -6.08. The predicted molar refractivity (Wildman–Crippen MR) is 58.8 cm³/mol. The van der Waals surface area contributed by atoms with Gasteiger partial charge in [0.15, 0.2) is 0 Å². The molecule has 0 fully saturated rings. The number of hydrogen-bond acceptors (Lipinski definition) is 1. The Morgan fingerprint density at radius 1 is 1.00 bits per heavy atom. The smallest absolute Gasteiger partial charge is 0.355 e. The largest absolute Gasteiger partial charge is 0.409 e. The van der Waals surface area contributed by atoms with Crippen molar-refractivity contribution in [3.63, 3.8) is 0 Å². The van der Waals surface area contributed by atoms with Gasteiger partial charge in [-0.15, -0.1) is 0 Å². The first kappa shape index (κ1) is 16.3. The SMILES string of the molecule is O=C(NCCc1ccccc1)C(C(F)(F)F)C(F)(F)F. The second kappa shape index (κ2) is 6.15. The van der Waals surface area contributed by atoms with E-state index in [0.717, 1.165) is 0 Å². The van der Waals surface area contributed by atoms with Crippen LogP contribution in [0, 0.1) is 5.92 Å². The zero-order chi connectivity index (χ0) is 15.4. The van der Waals surface area contributed by atoms with Gasteiger partial charge < -0.3 is 5.32 Å². The van der Waals surface area contributed by atoms with E-state index in [2.05, 4.69) is 0 Å². The first-order valence-electron chi connectivity index (χ1n) is 5.57. The average molecular weight is 299 g/mol. The lowest BCUT2D eigenvalue weighted by molar-refractivity contribution is -0.274. The highest BCUT2D eigenvalue weighted by Crippen LogP contribution is 2.39. The summed E-state index contributed by atoms with van der Waals surface area (Å²) in [5.41, 5.74) is 0.698. The molecule has 112 valence electrons. The first-order chi connectivity index (χ1) is 9.12. The van der Waals surface area contributed by atoms with E-state index in [1.807, 2.05) is 0 Å². The number of hydrogen-bond donors (Lipinski definition) is 1. The van der Waals surface area contributed by atoms with Crippen LogP contribution in [-0.2, 0) is 11.2 Å². The number of benzene rings is 1. The molecular formula is C12H11F6NO. The molecule has 1 aromatic rings. The minimum Gasteiger partial charge on any atom is -0.355 e. The van der Waals surface area contributed by atoms with Gasteiger partial charge in [-0.05, 0) is 12.0 Å². The van der Waals surface area contributed by atoms with Crippen molar-refractivity contribution in [3.8, 4) is 0 Å². The molecule has 1 amide bonds. The number of nitrogens with one attached hydrogen (secondary N) is 1. The molecule has 0 saturated carbocycles. The fraction of sp³-hybridized carbons (Fsp3) is 0.417. The summed E-state index contributed by atoms with van der Waals surface area (Å²) in [6.45, 7) is -0.300. The number of halogens is 6. The highest BCUT2D eigenvalue weighted by molar-refractivity contribution is 5.80. The van der Waals surface area contributed by atoms with Crippen LogP contribution in [0.5, 0.6) is 0 Å². The quantitative estimate of drug-likeness (QED) is 0.851. The monoisotopic (exact) mass is 299 g/mol. The summed E-state index contributed by atoms with van der Waals surface area (Å²) in [5, 5.41) is 1.67. The number of carbonyl (C=O) groups excluding carboxylic acids is 1. The van der Waals surface area contributed by atoms with Crippen LogP contribution < -0.4 is 5.32 Å². The molecule has 0 atom stereocenters. The molecule has 0 bridgehead atoms. The van der Waals surface area contributed by atoms with Crippen molar-refractivity contribution in [2.45, 2.75) is 18.8 Å². The Morgan fingerprint density at radius 3 is 1.95 bits per heavy atom. The number of amides is 1. The molecule has 2 nitrogen and oxygen atoms in total. The van der Waals surface area contributed by atoms with Gasteiger partial charge in [0.25, 0.3) is 0 Å². The summed E-state index contributed by atoms with van der Waals surface area (Å²) in [7, 11) is 0. The van der Waals surface area contributed by atoms with Gasteiger partial charge in [-0.2, -0.15) is 26.3 Å². The van der Waals surface area contributed by atoms with Gasteiger partial charge in [-0.1, -0.05) is 30.3 Å². The zero-order valence-corrected chi connectivity index (χ0v) is 10.1. The van der Waals surface area contributed by atoms with Crippen molar-refractivity contribution >= 4 is 5.91 Å². The van der Waals surface area contributed by atoms with Crippen molar-refractivity contribution in [2.24, 2.45) is 5.92 Å². The van der Waals surface area contributed by atoms with E-state index in [4.69, 9.17) is 0 Å². The lowest BCUT2D eigenvalue weighted by Crippen LogP contribution is -2.48. The molecule has 0 aliphatic carbocycles. The van der Waals surface area contributed by atoms with Crippen molar-refractivity contribution in [1.29, 1.82) is 0 Å². The number of alkyl halides is 6. The molecule has 1 N–H and O–H groups in total. The van der Waals surface area contributed by atoms with Gasteiger partial charge in [0.05, 0.1) is 0 Å². The molecule has 20 heavy (non-hydrogen) atoms. The molecular weight excluding hydrogens is 288 g/mol. The van der Waals surface area contributed by atoms with Crippen molar-refractivity contribution in [2.75, 3.05) is 6.54 Å². The van der Waals surface area contributed by atoms with E-state index in [1.54, 1.807) is 35.6 Å². The van der Waals surface area contributed by atoms with E-state index in [-0.39, 0.29) is 13.0 Å². The second-order valence-corrected chi connectivity index (χ2v) is 4.04. The third-order valence-corrected chi connectivity index (χ3v) is 2.47. The Morgan fingerprint density at radius 2 is 1.50 bits per heavy atom. The number of carbonyl (C=O) groups is 1. The van der Waals surface area contributed by atoms with Gasteiger partial charge in [0, 0.05) is 6.54 Å². The molecule has 0 aromatic heterocycles. The fourth-order valence-electron chi connectivity index (χ4n) is 1.56. The van der Waals surface area contributed by atoms with Crippen molar-refractivity contribution in [1.82, 2.24) is 5.32 Å². The maximum absolute atomic E-state index is 12.2. The minimum absolute atomic E-state index is 0.148. The first-order valence-corrected chi connectivity index (χ1v) is 5.57. The lowest BCUT2D eigenvalue weighted by atomic mass is 10.1. The van der Waals surface area contributed by atoms with Gasteiger partial charge >= 0.3 is 12.4 Å². The number of rotatable bonds is 4. The highest BCUT2D eigenvalue weighted by Gasteiger charge is 2.60. The van der Waals surface area contributed by atoms with Gasteiger partial charge in [-0.3, -0.25) is 4.79 Å². The summed E-state index contributed by atoms with van der Waals surface area (Å²) >= 11 is 0. The normalized spacial score (nSPS) is 12.6. The molecule has 0 spiro atoms. The minimum atomic E-state index is -5.66. The molecule has 0 radical (unpaired) electrons. The van der Waals surface area contributed by atoms with E-state index in [0.29, 0.717) is 5.56 Å². The molecule has 0 unspecified atom stereocenters. The van der Waals surface area contributed by atoms with E-state index < -0.39 is 24.2 Å².